The van der Waals surface area contributed by atoms with Crippen molar-refractivity contribution >= 4 is 34.6 Å². The van der Waals surface area contributed by atoms with Gasteiger partial charge in [-0.05, 0) is 56.3 Å². The van der Waals surface area contributed by atoms with E-state index >= 15 is 0 Å². The summed E-state index contributed by atoms with van der Waals surface area (Å²) in [6.07, 6.45) is 0.189. The van der Waals surface area contributed by atoms with Gasteiger partial charge in [-0.25, -0.2) is 0 Å². The lowest BCUT2D eigenvalue weighted by molar-refractivity contribution is 0.242. The molecule has 22 heavy (non-hydrogen) atoms. The number of halogens is 2. The Hall–Kier alpha value is -1.58. The van der Waals surface area contributed by atoms with Crippen molar-refractivity contribution in [2.45, 2.75) is 20.0 Å². The van der Waals surface area contributed by atoms with Gasteiger partial charge < -0.3 is 15.4 Å². The number of rotatable bonds is 7. The molecule has 3 nitrogen and oxygen atoms in total. The van der Waals surface area contributed by atoms with Crippen molar-refractivity contribution < 1.29 is 4.74 Å². The molecule has 0 spiro atoms. The van der Waals surface area contributed by atoms with Gasteiger partial charge in [0, 0.05) is 24.5 Å². The molecule has 118 valence electrons. The zero-order valence-electron chi connectivity index (χ0n) is 12.7. The molecular weight excluding hydrogens is 319 g/mol. The maximum Gasteiger partial charge on any atom is 0.119 e. The van der Waals surface area contributed by atoms with Crippen LogP contribution in [0.2, 0.25) is 10.0 Å². The summed E-state index contributed by atoms with van der Waals surface area (Å²) in [5, 5.41) is 7.75. The second-order valence-corrected chi connectivity index (χ2v) is 5.99. The van der Waals surface area contributed by atoms with E-state index in [0.29, 0.717) is 10.0 Å². The standard InChI is InChI=1S/C17H20Cl2N2O/c1-12(2)22-15-6-3-13(4-7-15)20-9-10-21-14-5-8-16(18)17(19)11-14/h3-8,11-12,20-21H,9-10H2,1-2H3. The molecule has 5 heteroatoms. The molecular formula is C17H20Cl2N2O. The van der Waals surface area contributed by atoms with Crippen LogP contribution in [0.15, 0.2) is 42.5 Å². The number of hydrogen-bond donors (Lipinski definition) is 2. The fourth-order valence-corrected chi connectivity index (χ4v) is 2.24. The molecule has 2 N–H and O–H groups in total. The Morgan fingerprint density at radius 1 is 0.864 bits per heavy atom. The van der Waals surface area contributed by atoms with Gasteiger partial charge in [-0.1, -0.05) is 23.2 Å². The Balaban J connectivity index is 1.75. The molecule has 0 saturated carbocycles. The van der Waals surface area contributed by atoms with Crippen molar-refractivity contribution in [1.82, 2.24) is 0 Å². The third kappa shape index (κ3) is 5.32. The van der Waals surface area contributed by atoms with Crippen LogP contribution in [-0.2, 0) is 0 Å². The number of ether oxygens (including phenoxy) is 1. The molecule has 0 fully saturated rings. The topological polar surface area (TPSA) is 33.3 Å². The van der Waals surface area contributed by atoms with Crippen molar-refractivity contribution in [3.63, 3.8) is 0 Å². The maximum absolute atomic E-state index is 5.97. The van der Waals surface area contributed by atoms with Gasteiger partial charge in [0.1, 0.15) is 5.75 Å². The van der Waals surface area contributed by atoms with E-state index in [1.54, 1.807) is 6.07 Å². The average Bonchev–Trinajstić information content (AvgIpc) is 2.48. The van der Waals surface area contributed by atoms with Crippen LogP contribution in [0.3, 0.4) is 0 Å². The summed E-state index contributed by atoms with van der Waals surface area (Å²) in [5.74, 6) is 0.884. The van der Waals surface area contributed by atoms with Crippen LogP contribution in [-0.4, -0.2) is 19.2 Å². The van der Waals surface area contributed by atoms with Gasteiger partial charge in [0.05, 0.1) is 16.1 Å². The van der Waals surface area contributed by atoms with E-state index in [9.17, 15) is 0 Å². The summed E-state index contributed by atoms with van der Waals surface area (Å²) in [4.78, 5) is 0. The molecule has 2 aromatic carbocycles. The summed E-state index contributed by atoms with van der Waals surface area (Å²) in [6, 6.07) is 13.5. The van der Waals surface area contributed by atoms with Gasteiger partial charge in [0.15, 0.2) is 0 Å². The lowest BCUT2D eigenvalue weighted by atomic mass is 10.3. The minimum atomic E-state index is 0.189. The van der Waals surface area contributed by atoms with Gasteiger partial charge in [-0.15, -0.1) is 0 Å². The summed E-state index contributed by atoms with van der Waals surface area (Å²) in [5.41, 5.74) is 2.02. The number of anilines is 2. The lowest BCUT2D eigenvalue weighted by Crippen LogP contribution is -2.13. The third-order valence-corrected chi connectivity index (χ3v) is 3.67. The molecule has 0 unspecified atom stereocenters. The summed E-state index contributed by atoms with van der Waals surface area (Å²) < 4.78 is 5.61. The summed E-state index contributed by atoms with van der Waals surface area (Å²) >= 11 is 11.9. The zero-order valence-corrected chi connectivity index (χ0v) is 14.2. The van der Waals surface area contributed by atoms with E-state index in [1.807, 2.05) is 50.2 Å². The van der Waals surface area contributed by atoms with Gasteiger partial charge in [0.2, 0.25) is 0 Å². The highest BCUT2D eigenvalue weighted by Gasteiger charge is 2.00. The van der Waals surface area contributed by atoms with Crippen LogP contribution in [0, 0.1) is 0 Å². The molecule has 0 saturated heterocycles. The first-order valence-corrected chi connectivity index (χ1v) is 7.99. The Bertz CT molecular complexity index is 600. The van der Waals surface area contributed by atoms with Crippen LogP contribution >= 0.6 is 23.2 Å². The molecule has 0 aliphatic heterocycles. The van der Waals surface area contributed by atoms with E-state index < -0.39 is 0 Å². The fraction of sp³-hybridized carbons (Fsp3) is 0.294. The normalized spacial score (nSPS) is 10.6. The molecule has 0 aliphatic rings. The highest BCUT2D eigenvalue weighted by Crippen LogP contribution is 2.24. The number of benzene rings is 2. The van der Waals surface area contributed by atoms with Crippen LogP contribution in [0.5, 0.6) is 5.75 Å². The first-order chi connectivity index (χ1) is 10.5. The Morgan fingerprint density at radius 2 is 1.45 bits per heavy atom. The largest absolute Gasteiger partial charge is 0.491 e. The van der Waals surface area contributed by atoms with Crippen LogP contribution in [0.25, 0.3) is 0 Å². The molecule has 2 rings (SSSR count). The van der Waals surface area contributed by atoms with E-state index in [0.717, 1.165) is 30.2 Å². The lowest BCUT2D eigenvalue weighted by Gasteiger charge is -2.12. The average molecular weight is 339 g/mol. The van der Waals surface area contributed by atoms with E-state index in [4.69, 9.17) is 27.9 Å². The number of hydrogen-bond acceptors (Lipinski definition) is 3. The van der Waals surface area contributed by atoms with E-state index in [-0.39, 0.29) is 6.10 Å². The fourth-order valence-electron chi connectivity index (χ4n) is 1.94. The molecule has 0 aromatic heterocycles. The first-order valence-electron chi connectivity index (χ1n) is 7.24. The minimum absolute atomic E-state index is 0.189. The van der Waals surface area contributed by atoms with Gasteiger partial charge in [-0.3, -0.25) is 0 Å². The molecule has 0 atom stereocenters. The Labute approximate surface area is 141 Å². The summed E-state index contributed by atoms with van der Waals surface area (Å²) in [6.45, 7) is 5.61. The first kappa shape index (κ1) is 16.8. The van der Waals surface area contributed by atoms with Crippen LogP contribution in [0.1, 0.15) is 13.8 Å². The Morgan fingerprint density at radius 3 is 2.05 bits per heavy atom. The van der Waals surface area contributed by atoms with Crippen molar-refractivity contribution in [1.29, 1.82) is 0 Å². The quantitative estimate of drug-likeness (QED) is 0.671. The van der Waals surface area contributed by atoms with Crippen molar-refractivity contribution in [2.75, 3.05) is 23.7 Å². The molecule has 0 heterocycles. The molecule has 0 amide bonds. The van der Waals surface area contributed by atoms with E-state index in [1.165, 1.54) is 0 Å². The third-order valence-electron chi connectivity index (χ3n) is 2.93. The second kappa shape index (κ2) is 8.16. The van der Waals surface area contributed by atoms with E-state index in [2.05, 4.69) is 10.6 Å². The predicted octanol–water partition coefficient (Wildman–Crippen LogP) is 5.30. The Kier molecular flexibility index (Phi) is 6.22. The molecule has 0 bridgehead atoms. The predicted molar refractivity (Wildman–Crippen MR) is 95.6 cm³/mol. The summed E-state index contributed by atoms with van der Waals surface area (Å²) in [7, 11) is 0. The van der Waals surface area contributed by atoms with Gasteiger partial charge >= 0.3 is 0 Å². The van der Waals surface area contributed by atoms with Crippen molar-refractivity contribution in [3.8, 4) is 5.75 Å². The van der Waals surface area contributed by atoms with Crippen molar-refractivity contribution in [2.24, 2.45) is 0 Å². The smallest absolute Gasteiger partial charge is 0.119 e. The molecule has 0 aliphatic carbocycles. The van der Waals surface area contributed by atoms with Crippen LogP contribution < -0.4 is 15.4 Å². The monoisotopic (exact) mass is 338 g/mol. The molecule has 2 aromatic rings. The number of nitrogens with one attached hydrogen (secondary N) is 2. The minimum Gasteiger partial charge on any atom is -0.491 e. The highest BCUT2D eigenvalue weighted by atomic mass is 35.5. The maximum atomic E-state index is 5.97. The highest BCUT2D eigenvalue weighted by molar-refractivity contribution is 6.42. The van der Waals surface area contributed by atoms with Gasteiger partial charge in [-0.2, -0.15) is 0 Å². The zero-order chi connectivity index (χ0) is 15.9. The SMILES string of the molecule is CC(C)Oc1ccc(NCCNc2ccc(Cl)c(Cl)c2)cc1. The van der Waals surface area contributed by atoms with Crippen molar-refractivity contribution in [3.05, 3.63) is 52.5 Å². The van der Waals surface area contributed by atoms with Gasteiger partial charge in [0.25, 0.3) is 0 Å². The van der Waals surface area contributed by atoms with Crippen LogP contribution in [0.4, 0.5) is 11.4 Å². The molecule has 0 radical (unpaired) electrons. The second-order valence-electron chi connectivity index (χ2n) is 5.17.